The van der Waals surface area contributed by atoms with Crippen molar-refractivity contribution in [2.75, 3.05) is 26.2 Å². The predicted octanol–water partition coefficient (Wildman–Crippen LogP) is 1.87. The van der Waals surface area contributed by atoms with Crippen LogP contribution in [0.1, 0.15) is 25.1 Å². The minimum atomic E-state index is -0.244. The van der Waals surface area contributed by atoms with E-state index in [0.29, 0.717) is 12.1 Å². The van der Waals surface area contributed by atoms with Crippen LogP contribution in [-0.2, 0) is 11.3 Å². The molecule has 7 nitrogen and oxygen atoms in total. The molecule has 3 aromatic heterocycles. The molecular formula is C18H25N5O2S. The zero-order chi connectivity index (χ0) is 18.7. The number of hydrogen-bond donors (Lipinski definition) is 1. The number of fused-ring (bicyclic) bond motifs is 3. The number of rotatable bonds is 8. The van der Waals surface area contributed by atoms with E-state index in [1.807, 2.05) is 19.1 Å². The lowest BCUT2D eigenvalue weighted by molar-refractivity contribution is -0.121. The van der Waals surface area contributed by atoms with Crippen LogP contribution in [0, 0.1) is 6.92 Å². The summed E-state index contributed by atoms with van der Waals surface area (Å²) >= 11 is 1.65. The first kappa shape index (κ1) is 18.6. The Morgan fingerprint density at radius 2 is 2.04 bits per heavy atom. The average molecular weight is 375 g/mol. The number of aryl methyl sites for hydroxylation is 1. The normalized spacial score (nSPS) is 11.7. The van der Waals surface area contributed by atoms with Gasteiger partial charge in [-0.3, -0.25) is 14.0 Å². The molecule has 8 heteroatoms. The number of nitrogens with zero attached hydrogens (tertiary/aromatic N) is 4. The summed E-state index contributed by atoms with van der Waals surface area (Å²) in [5.41, 5.74) is 1.29. The Morgan fingerprint density at radius 1 is 1.27 bits per heavy atom. The molecule has 0 saturated carbocycles. The number of hydrogen-bond acceptors (Lipinski definition) is 5. The number of nitrogens with one attached hydrogen (secondary N) is 1. The molecule has 0 atom stereocenters. The first-order valence-corrected chi connectivity index (χ1v) is 9.81. The van der Waals surface area contributed by atoms with Gasteiger partial charge in [0.1, 0.15) is 18.4 Å². The van der Waals surface area contributed by atoms with E-state index in [0.717, 1.165) is 36.3 Å². The maximum atomic E-state index is 12.6. The van der Waals surface area contributed by atoms with Gasteiger partial charge in [0.05, 0.1) is 10.2 Å². The second kappa shape index (κ2) is 8.01. The summed E-state index contributed by atoms with van der Waals surface area (Å²) in [6, 6.07) is 3.91. The van der Waals surface area contributed by atoms with Crippen molar-refractivity contribution in [1.82, 2.24) is 24.4 Å². The van der Waals surface area contributed by atoms with Crippen molar-refractivity contribution < 1.29 is 4.79 Å². The van der Waals surface area contributed by atoms with Crippen LogP contribution in [0.3, 0.4) is 0 Å². The van der Waals surface area contributed by atoms with Gasteiger partial charge < -0.3 is 10.2 Å². The molecule has 1 N–H and O–H groups in total. The standard InChI is InChI=1S/C18H25N5O2S/c1-4-21(5-2)8-6-7-19-17(24)11-23-18(25)15-10-16-14(9-13(3)26-16)22(15)12-20-23/h9-10,12H,4-8,11H2,1-3H3,(H,19,24). The number of amides is 1. The highest BCUT2D eigenvalue weighted by molar-refractivity contribution is 7.19. The smallest absolute Gasteiger partial charge is 0.291 e. The maximum Gasteiger partial charge on any atom is 0.291 e. The fraction of sp³-hybridized carbons (Fsp3) is 0.500. The molecule has 26 heavy (non-hydrogen) atoms. The zero-order valence-electron chi connectivity index (χ0n) is 15.5. The minimum Gasteiger partial charge on any atom is -0.354 e. The highest BCUT2D eigenvalue weighted by atomic mass is 32.1. The molecule has 0 aliphatic rings. The van der Waals surface area contributed by atoms with E-state index < -0.39 is 0 Å². The van der Waals surface area contributed by atoms with Gasteiger partial charge in [-0.05, 0) is 45.1 Å². The molecular weight excluding hydrogens is 350 g/mol. The van der Waals surface area contributed by atoms with Gasteiger partial charge in [0.15, 0.2) is 0 Å². The third-order valence-corrected chi connectivity index (χ3v) is 5.56. The van der Waals surface area contributed by atoms with E-state index >= 15 is 0 Å². The zero-order valence-corrected chi connectivity index (χ0v) is 16.3. The lowest BCUT2D eigenvalue weighted by Gasteiger charge is -2.17. The summed E-state index contributed by atoms with van der Waals surface area (Å²) in [4.78, 5) is 28.2. The molecule has 0 aliphatic heterocycles. The Morgan fingerprint density at radius 3 is 2.77 bits per heavy atom. The molecule has 0 radical (unpaired) electrons. The number of aromatic nitrogens is 3. The lowest BCUT2D eigenvalue weighted by atomic mass is 10.3. The summed E-state index contributed by atoms with van der Waals surface area (Å²) in [5, 5.41) is 7.03. The fourth-order valence-electron chi connectivity index (χ4n) is 3.10. The fourth-order valence-corrected chi connectivity index (χ4v) is 4.05. The summed E-state index contributed by atoms with van der Waals surface area (Å²) in [5.74, 6) is -0.187. The SMILES string of the molecule is CCN(CC)CCCNC(=O)Cn1ncn2c(cc3sc(C)cc32)c1=O. The molecule has 0 aliphatic carbocycles. The average Bonchev–Trinajstić information content (AvgIpc) is 3.14. The van der Waals surface area contributed by atoms with E-state index in [1.165, 1.54) is 9.56 Å². The molecule has 3 heterocycles. The highest BCUT2D eigenvalue weighted by Crippen LogP contribution is 2.26. The van der Waals surface area contributed by atoms with E-state index in [4.69, 9.17) is 0 Å². The molecule has 3 rings (SSSR count). The molecule has 0 spiro atoms. The van der Waals surface area contributed by atoms with E-state index in [-0.39, 0.29) is 18.0 Å². The van der Waals surface area contributed by atoms with Gasteiger partial charge in [-0.15, -0.1) is 11.3 Å². The topological polar surface area (TPSA) is 71.6 Å². The molecule has 0 fully saturated rings. The van der Waals surface area contributed by atoms with Gasteiger partial charge in [0, 0.05) is 11.4 Å². The lowest BCUT2D eigenvalue weighted by Crippen LogP contribution is -2.35. The van der Waals surface area contributed by atoms with Crippen molar-refractivity contribution in [3.05, 3.63) is 33.7 Å². The van der Waals surface area contributed by atoms with Crippen LogP contribution in [-0.4, -0.2) is 51.2 Å². The van der Waals surface area contributed by atoms with Crippen molar-refractivity contribution in [3.63, 3.8) is 0 Å². The quantitative estimate of drug-likeness (QED) is 0.610. The van der Waals surface area contributed by atoms with Crippen LogP contribution >= 0.6 is 11.3 Å². The number of thiophene rings is 1. The Hall–Kier alpha value is -2.19. The van der Waals surface area contributed by atoms with Crippen molar-refractivity contribution in [3.8, 4) is 0 Å². The van der Waals surface area contributed by atoms with E-state index in [9.17, 15) is 9.59 Å². The largest absolute Gasteiger partial charge is 0.354 e. The molecule has 0 saturated heterocycles. The van der Waals surface area contributed by atoms with Crippen LogP contribution in [0.25, 0.3) is 15.7 Å². The molecule has 3 aromatic rings. The summed E-state index contributed by atoms with van der Waals surface area (Å²) in [6.07, 6.45) is 2.50. The van der Waals surface area contributed by atoms with E-state index in [2.05, 4.69) is 29.2 Å². The minimum absolute atomic E-state index is 0.0571. The molecule has 0 bridgehead atoms. The molecule has 0 unspecified atom stereocenters. The van der Waals surface area contributed by atoms with Crippen LogP contribution in [0.2, 0.25) is 0 Å². The number of carbonyl (C=O) groups excluding carboxylic acids is 1. The molecule has 140 valence electrons. The molecule has 0 aromatic carbocycles. The summed E-state index contributed by atoms with van der Waals surface area (Å²) in [6.45, 7) is 9.82. The van der Waals surface area contributed by atoms with Gasteiger partial charge in [-0.1, -0.05) is 13.8 Å². The highest BCUT2D eigenvalue weighted by Gasteiger charge is 2.12. The van der Waals surface area contributed by atoms with Gasteiger partial charge in [-0.2, -0.15) is 5.10 Å². The first-order valence-electron chi connectivity index (χ1n) is 8.99. The maximum absolute atomic E-state index is 12.6. The Balaban J connectivity index is 1.64. The second-order valence-electron chi connectivity index (χ2n) is 6.33. The summed E-state index contributed by atoms with van der Waals surface area (Å²) < 4.78 is 4.07. The monoisotopic (exact) mass is 375 g/mol. The molecule has 1 amide bonds. The van der Waals surface area contributed by atoms with Crippen molar-refractivity contribution >= 4 is 33.0 Å². The van der Waals surface area contributed by atoms with Gasteiger partial charge >= 0.3 is 0 Å². The van der Waals surface area contributed by atoms with Crippen molar-refractivity contribution in [2.45, 2.75) is 33.7 Å². The third-order valence-electron chi connectivity index (χ3n) is 4.57. The van der Waals surface area contributed by atoms with Crippen molar-refractivity contribution in [1.29, 1.82) is 0 Å². The van der Waals surface area contributed by atoms with Gasteiger partial charge in [0.2, 0.25) is 5.91 Å². The number of carbonyl (C=O) groups is 1. The Labute approximate surface area is 156 Å². The Bertz CT molecular complexity index is 967. The predicted molar refractivity (Wildman–Crippen MR) is 105 cm³/mol. The Kier molecular flexibility index (Phi) is 5.73. The summed E-state index contributed by atoms with van der Waals surface area (Å²) in [7, 11) is 0. The van der Waals surface area contributed by atoms with Crippen LogP contribution < -0.4 is 10.9 Å². The van der Waals surface area contributed by atoms with Crippen LogP contribution in [0.15, 0.2) is 23.3 Å². The third kappa shape index (κ3) is 3.81. The van der Waals surface area contributed by atoms with Crippen molar-refractivity contribution in [2.24, 2.45) is 0 Å². The van der Waals surface area contributed by atoms with Crippen LogP contribution in [0.5, 0.6) is 0 Å². The van der Waals surface area contributed by atoms with E-state index in [1.54, 1.807) is 22.1 Å². The van der Waals surface area contributed by atoms with Crippen LogP contribution in [0.4, 0.5) is 0 Å². The van der Waals surface area contributed by atoms with Gasteiger partial charge in [-0.25, -0.2) is 4.68 Å². The van der Waals surface area contributed by atoms with Gasteiger partial charge in [0.25, 0.3) is 5.56 Å². The first-order chi connectivity index (χ1) is 12.5. The second-order valence-corrected chi connectivity index (χ2v) is 7.62.